The number of rotatable bonds is 8. The van der Waals surface area contributed by atoms with Crippen LogP contribution >= 0.6 is 23.1 Å². The maximum absolute atomic E-state index is 12.1. The number of hydrogen-bond donors (Lipinski definition) is 3. The molecule has 2 aromatic rings. The topological polar surface area (TPSA) is 105 Å². The Morgan fingerprint density at radius 2 is 1.76 bits per heavy atom. The van der Waals surface area contributed by atoms with Gasteiger partial charge in [-0.05, 0) is 50.5 Å². The van der Waals surface area contributed by atoms with Crippen molar-refractivity contribution in [2.24, 2.45) is 0 Å². The van der Waals surface area contributed by atoms with E-state index in [2.05, 4.69) is 20.8 Å². The van der Waals surface area contributed by atoms with Gasteiger partial charge in [-0.15, -0.1) is 10.2 Å². The van der Waals surface area contributed by atoms with E-state index in [0.29, 0.717) is 27.3 Å². The normalized spacial score (nSPS) is 14.4. The molecular formula is C19H24N5O3S2+. The molecule has 0 bridgehead atoms. The lowest BCUT2D eigenvalue weighted by molar-refractivity contribution is -0.896. The van der Waals surface area contributed by atoms with Crippen LogP contribution in [0.2, 0.25) is 0 Å². The number of piperidine rings is 1. The molecule has 3 N–H and O–H groups in total. The standard InChI is InChI=1S/C19H23N5O3S2/c1-13(25)14-5-7-15(8-6-14)20-17(27)12-28-19-23-22-18(29-19)21-16(26)11-24-9-3-2-4-10-24/h5-8H,2-4,9-12H2,1H3,(H,20,27)(H,21,22,26)/p+1. The molecule has 10 heteroatoms. The maximum Gasteiger partial charge on any atom is 0.281 e. The van der Waals surface area contributed by atoms with E-state index >= 15 is 0 Å². The summed E-state index contributed by atoms with van der Waals surface area (Å²) >= 11 is 2.52. The van der Waals surface area contributed by atoms with E-state index in [-0.39, 0.29) is 23.4 Å². The van der Waals surface area contributed by atoms with Crippen molar-refractivity contribution >= 4 is 51.5 Å². The van der Waals surface area contributed by atoms with Crippen LogP contribution in [-0.2, 0) is 9.59 Å². The molecule has 0 radical (unpaired) electrons. The Morgan fingerprint density at radius 3 is 2.45 bits per heavy atom. The molecule has 8 nitrogen and oxygen atoms in total. The first-order chi connectivity index (χ1) is 14.0. The molecule has 2 amide bonds. The van der Waals surface area contributed by atoms with Crippen LogP contribution in [0.1, 0.15) is 36.5 Å². The van der Waals surface area contributed by atoms with E-state index in [1.165, 1.54) is 54.2 Å². The van der Waals surface area contributed by atoms with Crippen LogP contribution in [0, 0.1) is 0 Å². The predicted octanol–water partition coefficient (Wildman–Crippen LogP) is 1.48. The van der Waals surface area contributed by atoms with Gasteiger partial charge in [-0.1, -0.05) is 23.1 Å². The zero-order chi connectivity index (χ0) is 20.6. The highest BCUT2D eigenvalue weighted by molar-refractivity contribution is 8.01. The number of aromatic nitrogens is 2. The van der Waals surface area contributed by atoms with Crippen LogP contribution < -0.4 is 15.5 Å². The number of nitrogens with one attached hydrogen (secondary N) is 3. The maximum atomic E-state index is 12.1. The van der Waals surface area contributed by atoms with E-state index in [1.54, 1.807) is 24.3 Å². The number of quaternary nitrogens is 1. The Kier molecular flexibility index (Phi) is 7.73. The number of benzene rings is 1. The molecule has 1 aromatic carbocycles. The summed E-state index contributed by atoms with van der Waals surface area (Å²) in [5, 5.41) is 14.0. The summed E-state index contributed by atoms with van der Waals surface area (Å²) < 4.78 is 0.618. The number of nitrogens with zero attached hydrogens (tertiary/aromatic N) is 2. The van der Waals surface area contributed by atoms with Crippen molar-refractivity contribution in [1.29, 1.82) is 0 Å². The molecule has 0 saturated carbocycles. The summed E-state index contributed by atoms with van der Waals surface area (Å²) in [6.07, 6.45) is 3.59. The Morgan fingerprint density at radius 1 is 1.03 bits per heavy atom. The van der Waals surface area contributed by atoms with E-state index in [9.17, 15) is 14.4 Å². The molecule has 1 saturated heterocycles. The second kappa shape index (κ2) is 10.5. The van der Waals surface area contributed by atoms with E-state index < -0.39 is 0 Å². The van der Waals surface area contributed by atoms with Gasteiger partial charge in [0.1, 0.15) is 0 Å². The molecule has 154 valence electrons. The molecule has 0 aliphatic carbocycles. The van der Waals surface area contributed by atoms with Crippen molar-refractivity contribution in [2.75, 3.05) is 36.0 Å². The van der Waals surface area contributed by atoms with Gasteiger partial charge in [-0.2, -0.15) is 0 Å². The first-order valence-corrected chi connectivity index (χ1v) is 11.3. The number of hydrogen-bond acceptors (Lipinski definition) is 7. The first-order valence-electron chi connectivity index (χ1n) is 9.50. The zero-order valence-corrected chi connectivity index (χ0v) is 17.8. The van der Waals surface area contributed by atoms with E-state index in [4.69, 9.17) is 0 Å². The number of ketones is 1. The smallest absolute Gasteiger partial charge is 0.281 e. The van der Waals surface area contributed by atoms with Gasteiger partial charge in [-0.25, -0.2) is 0 Å². The number of likely N-dealkylation sites (tertiary alicyclic amines) is 1. The monoisotopic (exact) mass is 434 g/mol. The minimum atomic E-state index is -0.181. The number of carbonyl (C=O) groups excluding carboxylic acids is 3. The number of thioether (sulfide) groups is 1. The third kappa shape index (κ3) is 6.91. The SMILES string of the molecule is CC(=O)c1ccc(NC(=O)CSc2nnc(NC(=O)C[NH+]3CCCCC3)s2)cc1. The number of amides is 2. The number of Topliss-reactive ketones (excluding diaryl/α,β-unsaturated/α-hetero) is 1. The summed E-state index contributed by atoms with van der Waals surface area (Å²) in [4.78, 5) is 36.8. The highest BCUT2D eigenvalue weighted by atomic mass is 32.2. The van der Waals surface area contributed by atoms with Crippen LogP contribution in [0.3, 0.4) is 0 Å². The fraction of sp³-hybridized carbons (Fsp3) is 0.421. The Balaban J connectivity index is 1.41. The molecular weight excluding hydrogens is 410 g/mol. The summed E-state index contributed by atoms with van der Waals surface area (Å²) in [5.74, 6) is -0.0778. The first kappa shape index (κ1) is 21.4. The van der Waals surface area contributed by atoms with Crippen LogP contribution in [-0.4, -0.2) is 53.2 Å². The summed E-state index contributed by atoms with van der Waals surface area (Å²) in [5.41, 5.74) is 1.23. The Bertz CT molecular complexity index is 863. The molecule has 0 spiro atoms. The summed E-state index contributed by atoms with van der Waals surface area (Å²) in [6, 6.07) is 6.75. The van der Waals surface area contributed by atoms with Gasteiger partial charge in [0.05, 0.1) is 18.8 Å². The Labute approximate surface area is 177 Å². The molecule has 0 unspecified atom stereocenters. The highest BCUT2D eigenvalue weighted by Crippen LogP contribution is 2.25. The average Bonchev–Trinajstić information content (AvgIpc) is 3.14. The van der Waals surface area contributed by atoms with Gasteiger partial charge in [-0.3, -0.25) is 19.7 Å². The van der Waals surface area contributed by atoms with Crippen molar-refractivity contribution in [3.05, 3.63) is 29.8 Å². The van der Waals surface area contributed by atoms with Crippen molar-refractivity contribution in [3.63, 3.8) is 0 Å². The van der Waals surface area contributed by atoms with Gasteiger partial charge < -0.3 is 10.2 Å². The molecule has 0 atom stereocenters. The minimum Gasteiger partial charge on any atom is -0.327 e. The van der Waals surface area contributed by atoms with Gasteiger partial charge in [0.15, 0.2) is 16.7 Å². The van der Waals surface area contributed by atoms with E-state index in [0.717, 1.165) is 13.1 Å². The minimum absolute atomic E-state index is 0.0186. The molecule has 2 heterocycles. The lowest BCUT2D eigenvalue weighted by Crippen LogP contribution is -3.13. The fourth-order valence-corrected chi connectivity index (χ4v) is 4.62. The Hall–Kier alpha value is -2.30. The lowest BCUT2D eigenvalue weighted by atomic mass is 10.1. The number of carbonyl (C=O) groups is 3. The molecule has 1 aliphatic rings. The second-order valence-electron chi connectivity index (χ2n) is 6.88. The van der Waals surface area contributed by atoms with Gasteiger partial charge in [0, 0.05) is 11.3 Å². The van der Waals surface area contributed by atoms with Crippen molar-refractivity contribution in [2.45, 2.75) is 30.5 Å². The van der Waals surface area contributed by atoms with Crippen LogP contribution in [0.25, 0.3) is 0 Å². The largest absolute Gasteiger partial charge is 0.327 e. The average molecular weight is 435 g/mol. The molecule has 1 aliphatic heterocycles. The third-order valence-corrected chi connectivity index (χ3v) is 6.50. The molecule has 3 rings (SSSR count). The van der Waals surface area contributed by atoms with Gasteiger partial charge in [0.25, 0.3) is 5.91 Å². The van der Waals surface area contributed by atoms with Crippen molar-refractivity contribution in [3.8, 4) is 0 Å². The zero-order valence-electron chi connectivity index (χ0n) is 16.2. The van der Waals surface area contributed by atoms with Crippen molar-refractivity contribution < 1.29 is 19.3 Å². The van der Waals surface area contributed by atoms with Gasteiger partial charge >= 0.3 is 0 Å². The van der Waals surface area contributed by atoms with Crippen LogP contribution in [0.4, 0.5) is 10.8 Å². The van der Waals surface area contributed by atoms with Crippen LogP contribution in [0.15, 0.2) is 28.6 Å². The molecule has 29 heavy (non-hydrogen) atoms. The third-order valence-electron chi connectivity index (χ3n) is 4.53. The number of anilines is 2. The fourth-order valence-electron chi connectivity index (χ4n) is 3.05. The highest BCUT2D eigenvalue weighted by Gasteiger charge is 2.18. The quantitative estimate of drug-likeness (QED) is 0.330. The van der Waals surface area contributed by atoms with E-state index in [1.807, 2.05) is 0 Å². The second-order valence-corrected chi connectivity index (χ2v) is 9.08. The summed E-state index contributed by atoms with van der Waals surface area (Å²) in [7, 11) is 0. The predicted molar refractivity (Wildman–Crippen MR) is 114 cm³/mol. The van der Waals surface area contributed by atoms with Crippen LogP contribution in [0.5, 0.6) is 0 Å². The van der Waals surface area contributed by atoms with Crippen molar-refractivity contribution in [1.82, 2.24) is 10.2 Å². The molecule has 1 aromatic heterocycles. The van der Waals surface area contributed by atoms with Gasteiger partial charge in [0.2, 0.25) is 11.0 Å². The molecule has 1 fully saturated rings. The summed E-state index contributed by atoms with van der Waals surface area (Å²) in [6.45, 7) is 4.03. The lowest BCUT2D eigenvalue weighted by Gasteiger charge is -2.22.